The molecule has 0 heterocycles. The van der Waals surface area contributed by atoms with Gasteiger partial charge < -0.3 is 8.85 Å². The molecule has 4 atom stereocenters. The fourth-order valence-corrected chi connectivity index (χ4v) is 9.60. The Kier molecular flexibility index (Phi) is 4.90. The average Bonchev–Trinajstić information content (AvgIpc) is 2.26. The second kappa shape index (κ2) is 6.06. The molecule has 0 bridgehead atoms. The van der Waals surface area contributed by atoms with E-state index in [-0.39, 0.29) is 0 Å². The van der Waals surface area contributed by atoms with Crippen LogP contribution in [-0.2, 0) is 8.85 Å². The van der Waals surface area contributed by atoms with E-state index in [4.69, 9.17) is 8.85 Å². The summed E-state index contributed by atoms with van der Waals surface area (Å²) in [6.45, 7) is 10.7. The van der Waals surface area contributed by atoms with Gasteiger partial charge in [0.15, 0.2) is 0 Å². The Hall–Kier alpha value is 0.137. The van der Waals surface area contributed by atoms with Gasteiger partial charge in [0, 0.05) is 24.3 Å². The number of rotatable bonds is 7. The fraction of sp³-hybridized carbons (Fsp3) is 1.00. The molecular formula is C15H30O2Si. The minimum absolute atomic E-state index is 0.761. The lowest BCUT2D eigenvalue weighted by Crippen LogP contribution is -2.59. The molecule has 4 unspecified atom stereocenters. The van der Waals surface area contributed by atoms with Crippen LogP contribution in [0, 0.1) is 11.8 Å². The zero-order valence-electron chi connectivity index (χ0n) is 12.6. The standard InChI is InChI=1S/C15H30O2Si/c1-5-13-9-11-15(13)18(16-6-2,17-7-3)14-10-8-12(14)4/h12-15H,5-11H2,1-4H3. The van der Waals surface area contributed by atoms with E-state index in [9.17, 15) is 0 Å². The molecule has 2 fully saturated rings. The molecule has 106 valence electrons. The number of hydrogen-bond donors (Lipinski definition) is 0. The first-order valence-corrected chi connectivity index (χ1v) is 9.94. The summed E-state index contributed by atoms with van der Waals surface area (Å²) >= 11 is 0. The van der Waals surface area contributed by atoms with Crippen LogP contribution < -0.4 is 0 Å². The minimum Gasteiger partial charge on any atom is -0.394 e. The quantitative estimate of drug-likeness (QED) is 0.635. The van der Waals surface area contributed by atoms with Crippen molar-refractivity contribution < 1.29 is 8.85 Å². The molecule has 18 heavy (non-hydrogen) atoms. The molecule has 3 heteroatoms. The van der Waals surface area contributed by atoms with Crippen LogP contribution in [0.5, 0.6) is 0 Å². The highest BCUT2D eigenvalue weighted by atomic mass is 28.4. The Morgan fingerprint density at radius 2 is 1.50 bits per heavy atom. The van der Waals surface area contributed by atoms with Gasteiger partial charge in [-0.25, -0.2) is 0 Å². The van der Waals surface area contributed by atoms with Crippen molar-refractivity contribution in [2.24, 2.45) is 11.8 Å². The summed E-state index contributed by atoms with van der Waals surface area (Å²) in [5.74, 6) is 1.70. The van der Waals surface area contributed by atoms with Crippen LogP contribution in [0.1, 0.15) is 59.8 Å². The highest BCUT2D eigenvalue weighted by Gasteiger charge is 2.60. The minimum atomic E-state index is -1.98. The second-order valence-electron chi connectivity index (χ2n) is 6.10. The van der Waals surface area contributed by atoms with Crippen molar-refractivity contribution >= 4 is 8.56 Å². The van der Waals surface area contributed by atoms with Crippen molar-refractivity contribution in [2.45, 2.75) is 70.9 Å². The molecule has 2 saturated carbocycles. The van der Waals surface area contributed by atoms with E-state index in [1.165, 1.54) is 32.1 Å². The lowest BCUT2D eigenvalue weighted by atomic mass is 9.82. The van der Waals surface area contributed by atoms with Gasteiger partial charge in [0.1, 0.15) is 0 Å². The summed E-state index contributed by atoms with van der Waals surface area (Å²) in [7, 11) is -1.98. The van der Waals surface area contributed by atoms with Gasteiger partial charge >= 0.3 is 8.56 Å². The Labute approximate surface area is 114 Å². The first-order chi connectivity index (χ1) is 8.69. The van der Waals surface area contributed by atoms with Crippen molar-refractivity contribution in [3.8, 4) is 0 Å². The first-order valence-electron chi connectivity index (χ1n) is 7.97. The van der Waals surface area contributed by atoms with Gasteiger partial charge in [-0.3, -0.25) is 0 Å². The molecule has 0 aromatic heterocycles. The summed E-state index contributed by atoms with van der Waals surface area (Å²) in [6.07, 6.45) is 6.79. The third kappa shape index (κ3) is 2.30. The molecule has 0 saturated heterocycles. The van der Waals surface area contributed by atoms with E-state index in [1.807, 2.05) is 0 Å². The molecule has 2 aliphatic rings. The van der Waals surface area contributed by atoms with E-state index in [2.05, 4.69) is 27.7 Å². The van der Waals surface area contributed by atoms with Crippen molar-refractivity contribution in [2.75, 3.05) is 13.2 Å². The molecule has 0 radical (unpaired) electrons. The lowest BCUT2D eigenvalue weighted by Gasteiger charge is -2.54. The first kappa shape index (κ1) is 14.5. The molecule has 0 N–H and O–H groups in total. The van der Waals surface area contributed by atoms with Crippen LogP contribution in [0.3, 0.4) is 0 Å². The molecule has 0 aromatic carbocycles. The zero-order valence-corrected chi connectivity index (χ0v) is 13.6. The topological polar surface area (TPSA) is 18.5 Å². The molecule has 0 spiro atoms. The third-order valence-corrected chi connectivity index (χ3v) is 10.5. The molecule has 0 aromatic rings. The highest BCUT2D eigenvalue weighted by molar-refractivity contribution is 6.71. The largest absolute Gasteiger partial charge is 0.394 e. The van der Waals surface area contributed by atoms with Gasteiger partial charge in [-0.2, -0.15) is 0 Å². The molecule has 2 aliphatic carbocycles. The van der Waals surface area contributed by atoms with Crippen molar-refractivity contribution in [1.82, 2.24) is 0 Å². The van der Waals surface area contributed by atoms with Crippen LogP contribution in [0.25, 0.3) is 0 Å². The van der Waals surface area contributed by atoms with Crippen molar-refractivity contribution in [1.29, 1.82) is 0 Å². The number of hydrogen-bond acceptors (Lipinski definition) is 2. The van der Waals surface area contributed by atoms with Crippen LogP contribution >= 0.6 is 0 Å². The summed E-state index contributed by atoms with van der Waals surface area (Å²) in [4.78, 5) is 0. The van der Waals surface area contributed by atoms with Crippen molar-refractivity contribution in [3.05, 3.63) is 0 Å². The summed E-state index contributed by atoms with van der Waals surface area (Å²) in [5.41, 5.74) is 1.53. The molecule has 2 nitrogen and oxygen atoms in total. The van der Waals surface area contributed by atoms with Crippen LogP contribution in [-0.4, -0.2) is 21.8 Å². The smallest absolute Gasteiger partial charge is 0.345 e. The maximum absolute atomic E-state index is 6.40. The normalized spacial score (nSPS) is 36.0. The van der Waals surface area contributed by atoms with E-state index >= 15 is 0 Å². The van der Waals surface area contributed by atoms with Gasteiger partial charge in [0.05, 0.1) is 0 Å². The SMILES string of the molecule is CCO[Si](OCC)(C1CCC1C)C1CCC1CC. The third-order valence-electron chi connectivity index (χ3n) is 5.34. The van der Waals surface area contributed by atoms with Gasteiger partial charge in [-0.1, -0.05) is 33.1 Å². The highest BCUT2D eigenvalue weighted by Crippen LogP contribution is 2.58. The Morgan fingerprint density at radius 1 is 0.889 bits per heavy atom. The summed E-state index contributed by atoms with van der Waals surface area (Å²) in [5, 5.41) is 0. The average molecular weight is 270 g/mol. The molecule has 0 aliphatic heterocycles. The predicted octanol–water partition coefficient (Wildman–Crippen LogP) is 4.49. The van der Waals surface area contributed by atoms with Gasteiger partial charge in [-0.15, -0.1) is 0 Å². The summed E-state index contributed by atoms with van der Waals surface area (Å²) in [6, 6.07) is 0. The van der Waals surface area contributed by atoms with Crippen molar-refractivity contribution in [3.63, 3.8) is 0 Å². The van der Waals surface area contributed by atoms with E-state index in [0.29, 0.717) is 0 Å². The molecule has 0 amide bonds. The molecular weight excluding hydrogens is 240 g/mol. The summed E-state index contributed by atoms with van der Waals surface area (Å²) < 4.78 is 12.8. The zero-order chi connectivity index (χ0) is 13.2. The maximum atomic E-state index is 6.40. The predicted molar refractivity (Wildman–Crippen MR) is 77.9 cm³/mol. The Bertz CT molecular complexity index is 261. The van der Waals surface area contributed by atoms with E-state index < -0.39 is 8.56 Å². The van der Waals surface area contributed by atoms with Gasteiger partial charge in [0.25, 0.3) is 0 Å². The maximum Gasteiger partial charge on any atom is 0.345 e. The van der Waals surface area contributed by atoms with Crippen LogP contribution in [0.15, 0.2) is 0 Å². The van der Waals surface area contributed by atoms with Gasteiger partial charge in [0.2, 0.25) is 0 Å². The van der Waals surface area contributed by atoms with E-state index in [1.54, 1.807) is 0 Å². The van der Waals surface area contributed by atoms with Crippen LogP contribution in [0.4, 0.5) is 0 Å². The molecule has 2 rings (SSSR count). The monoisotopic (exact) mass is 270 g/mol. The second-order valence-corrected chi connectivity index (χ2v) is 9.60. The van der Waals surface area contributed by atoms with Gasteiger partial charge in [-0.05, 0) is 38.5 Å². The Balaban J connectivity index is 2.18. The fourth-order valence-electron chi connectivity index (χ4n) is 4.05. The van der Waals surface area contributed by atoms with E-state index in [0.717, 1.165) is 36.1 Å². The lowest BCUT2D eigenvalue weighted by molar-refractivity contribution is 0.0998. The Morgan fingerprint density at radius 3 is 1.78 bits per heavy atom. The van der Waals surface area contributed by atoms with Crippen LogP contribution in [0.2, 0.25) is 11.1 Å².